The fraction of sp³-hybridized carbons (Fsp3) is 0.417. The number of rotatable bonds is 7. The number of hydrogen-bond acceptors (Lipinski definition) is 4. The van der Waals surface area contributed by atoms with Gasteiger partial charge in [0.05, 0.1) is 0 Å². The van der Waals surface area contributed by atoms with Crippen LogP contribution in [0.3, 0.4) is 0 Å². The second kappa shape index (κ2) is 7.34. The molecule has 0 atom stereocenters. The molecule has 0 spiro atoms. The highest BCUT2D eigenvalue weighted by molar-refractivity contribution is 7.87. The van der Waals surface area contributed by atoms with Crippen molar-refractivity contribution >= 4 is 16.0 Å². The minimum atomic E-state index is -3.68. The van der Waals surface area contributed by atoms with Crippen LogP contribution in [0, 0.1) is 11.7 Å². The van der Waals surface area contributed by atoms with Crippen LogP contribution in [-0.2, 0) is 16.8 Å². The van der Waals surface area contributed by atoms with Gasteiger partial charge < -0.3 is 10.9 Å². The van der Waals surface area contributed by atoms with Gasteiger partial charge in [-0.2, -0.15) is 13.1 Å². The molecule has 0 aliphatic rings. The Bertz CT molecular complexity index is 617. The quantitative estimate of drug-likeness (QED) is 0.253. The summed E-state index contributed by atoms with van der Waals surface area (Å²) in [6.45, 7) is 3.83. The average molecular weight is 318 g/mol. The fourth-order valence-electron chi connectivity index (χ4n) is 1.41. The number of amidine groups is 1. The maximum absolute atomic E-state index is 13.8. The summed E-state index contributed by atoms with van der Waals surface area (Å²) < 4.78 is 41.6. The highest BCUT2D eigenvalue weighted by Gasteiger charge is 2.12. The van der Waals surface area contributed by atoms with Crippen LogP contribution in [0.25, 0.3) is 0 Å². The molecule has 0 saturated carbocycles. The van der Waals surface area contributed by atoms with E-state index in [2.05, 4.69) is 14.6 Å². The smallest absolute Gasteiger partial charge is 0.277 e. The molecule has 0 bridgehead atoms. The van der Waals surface area contributed by atoms with Crippen LogP contribution in [0.5, 0.6) is 0 Å². The van der Waals surface area contributed by atoms with Crippen LogP contribution < -0.4 is 15.2 Å². The van der Waals surface area contributed by atoms with Gasteiger partial charge in [-0.3, -0.25) is 0 Å². The predicted molar refractivity (Wildman–Crippen MR) is 77.5 cm³/mol. The molecule has 0 aromatic heterocycles. The second-order valence-electron chi connectivity index (χ2n) is 4.86. The molecule has 0 fully saturated rings. The van der Waals surface area contributed by atoms with Crippen molar-refractivity contribution in [3.8, 4) is 0 Å². The Labute approximate surface area is 123 Å². The van der Waals surface area contributed by atoms with Gasteiger partial charge in [-0.05, 0) is 12.0 Å². The lowest BCUT2D eigenvalue weighted by atomic mass is 10.1. The lowest BCUT2D eigenvalue weighted by Gasteiger charge is -2.11. The van der Waals surface area contributed by atoms with Crippen molar-refractivity contribution in [2.24, 2.45) is 16.8 Å². The van der Waals surface area contributed by atoms with E-state index in [1.807, 2.05) is 13.8 Å². The SMILES string of the molecule is CC(C)CNS(=O)(=O)NCc1ccc(/C(N)=N/O)cc1F. The van der Waals surface area contributed by atoms with E-state index in [0.717, 1.165) is 6.07 Å². The van der Waals surface area contributed by atoms with Crippen LogP contribution in [-0.4, -0.2) is 26.0 Å². The van der Waals surface area contributed by atoms with Crippen LogP contribution in [0.4, 0.5) is 4.39 Å². The van der Waals surface area contributed by atoms with Crippen molar-refractivity contribution in [1.82, 2.24) is 9.44 Å². The van der Waals surface area contributed by atoms with E-state index in [4.69, 9.17) is 10.9 Å². The molecule has 0 aliphatic heterocycles. The third-order valence-corrected chi connectivity index (χ3v) is 3.66. The van der Waals surface area contributed by atoms with Crippen molar-refractivity contribution in [2.75, 3.05) is 6.54 Å². The van der Waals surface area contributed by atoms with Gasteiger partial charge in [0.2, 0.25) is 0 Å². The zero-order valence-corrected chi connectivity index (χ0v) is 12.6. The van der Waals surface area contributed by atoms with E-state index in [0.29, 0.717) is 6.54 Å². The van der Waals surface area contributed by atoms with Gasteiger partial charge in [-0.15, -0.1) is 0 Å². The topological polar surface area (TPSA) is 117 Å². The van der Waals surface area contributed by atoms with Gasteiger partial charge in [0, 0.05) is 24.2 Å². The van der Waals surface area contributed by atoms with Gasteiger partial charge in [-0.25, -0.2) is 9.11 Å². The third-order valence-electron chi connectivity index (χ3n) is 2.59. The Balaban J connectivity index is 2.72. The van der Waals surface area contributed by atoms with Crippen LogP contribution in [0.1, 0.15) is 25.0 Å². The highest BCUT2D eigenvalue weighted by Crippen LogP contribution is 2.10. The Hall–Kier alpha value is -1.71. The van der Waals surface area contributed by atoms with Crippen molar-refractivity contribution < 1.29 is 18.0 Å². The maximum Gasteiger partial charge on any atom is 0.277 e. The molecular formula is C12H19FN4O3S. The van der Waals surface area contributed by atoms with Gasteiger partial charge in [0.15, 0.2) is 5.84 Å². The Morgan fingerprint density at radius 2 is 2.10 bits per heavy atom. The maximum atomic E-state index is 13.8. The van der Waals surface area contributed by atoms with Gasteiger partial charge >= 0.3 is 0 Å². The summed E-state index contributed by atoms with van der Waals surface area (Å²) in [4.78, 5) is 0. The highest BCUT2D eigenvalue weighted by atomic mass is 32.2. The number of nitrogens with two attached hydrogens (primary N) is 1. The zero-order valence-electron chi connectivity index (χ0n) is 11.8. The third kappa shape index (κ3) is 5.66. The standard InChI is InChI=1S/C12H19FN4O3S/c1-8(2)6-15-21(19,20)16-7-10-4-3-9(5-11(10)13)12(14)17-18/h3-5,8,15-16,18H,6-7H2,1-2H3,(H2,14,17). The summed E-state index contributed by atoms with van der Waals surface area (Å²) in [7, 11) is -3.68. The number of hydrogen-bond donors (Lipinski definition) is 4. The summed E-state index contributed by atoms with van der Waals surface area (Å²) >= 11 is 0. The van der Waals surface area contributed by atoms with E-state index in [1.165, 1.54) is 12.1 Å². The fourth-order valence-corrected chi connectivity index (χ4v) is 2.41. The first-order chi connectivity index (χ1) is 9.75. The summed E-state index contributed by atoms with van der Waals surface area (Å²) in [5, 5.41) is 11.3. The minimum absolute atomic E-state index is 0.152. The molecule has 1 rings (SSSR count). The van der Waals surface area contributed by atoms with Gasteiger partial charge in [-0.1, -0.05) is 31.1 Å². The summed E-state index contributed by atoms with van der Waals surface area (Å²) in [6, 6.07) is 3.87. The first kappa shape index (κ1) is 17.3. The van der Waals surface area contributed by atoms with Gasteiger partial charge in [0.25, 0.3) is 10.2 Å². The molecule has 1 aromatic carbocycles. The number of benzene rings is 1. The van der Waals surface area contributed by atoms with Crippen molar-refractivity contribution in [2.45, 2.75) is 20.4 Å². The lowest BCUT2D eigenvalue weighted by Crippen LogP contribution is -2.38. The summed E-state index contributed by atoms with van der Waals surface area (Å²) in [6.07, 6.45) is 0. The van der Waals surface area contributed by atoms with E-state index >= 15 is 0 Å². The molecule has 7 nitrogen and oxygen atoms in total. The molecule has 0 amide bonds. The molecule has 0 unspecified atom stereocenters. The molecule has 0 heterocycles. The van der Waals surface area contributed by atoms with E-state index < -0.39 is 16.0 Å². The Kier molecular flexibility index (Phi) is 6.06. The number of oxime groups is 1. The van der Waals surface area contributed by atoms with Crippen molar-refractivity contribution in [1.29, 1.82) is 0 Å². The summed E-state index contributed by atoms with van der Waals surface area (Å²) in [5.74, 6) is -0.705. The Morgan fingerprint density at radius 3 is 2.62 bits per heavy atom. The molecule has 9 heteroatoms. The Morgan fingerprint density at radius 1 is 1.43 bits per heavy atom. The molecule has 0 saturated heterocycles. The van der Waals surface area contributed by atoms with Crippen molar-refractivity contribution in [3.63, 3.8) is 0 Å². The van der Waals surface area contributed by atoms with Crippen LogP contribution >= 0.6 is 0 Å². The number of nitrogens with one attached hydrogen (secondary N) is 2. The zero-order chi connectivity index (χ0) is 16.0. The predicted octanol–water partition coefficient (Wildman–Crippen LogP) is 0.500. The average Bonchev–Trinajstić information content (AvgIpc) is 2.43. The lowest BCUT2D eigenvalue weighted by molar-refractivity contribution is 0.318. The molecule has 21 heavy (non-hydrogen) atoms. The summed E-state index contributed by atoms with van der Waals surface area (Å²) in [5.41, 5.74) is 5.70. The normalized spacial score (nSPS) is 12.9. The molecule has 1 aromatic rings. The number of nitrogens with zero attached hydrogens (tertiary/aromatic N) is 1. The van der Waals surface area contributed by atoms with E-state index in [9.17, 15) is 12.8 Å². The first-order valence-corrected chi connectivity index (χ1v) is 7.74. The van der Waals surface area contributed by atoms with Gasteiger partial charge in [0.1, 0.15) is 5.82 Å². The van der Waals surface area contributed by atoms with Crippen LogP contribution in [0.2, 0.25) is 0 Å². The molecule has 0 aliphatic carbocycles. The molecule has 5 N–H and O–H groups in total. The molecule has 118 valence electrons. The number of halogens is 1. The monoisotopic (exact) mass is 318 g/mol. The van der Waals surface area contributed by atoms with Crippen molar-refractivity contribution in [3.05, 3.63) is 35.1 Å². The largest absolute Gasteiger partial charge is 0.409 e. The minimum Gasteiger partial charge on any atom is -0.409 e. The molecular weight excluding hydrogens is 299 g/mol. The molecule has 0 radical (unpaired) electrons. The second-order valence-corrected chi connectivity index (χ2v) is 6.44. The van der Waals surface area contributed by atoms with E-state index in [1.54, 1.807) is 0 Å². The first-order valence-electron chi connectivity index (χ1n) is 6.25. The van der Waals surface area contributed by atoms with E-state index in [-0.39, 0.29) is 29.4 Å². The van der Waals surface area contributed by atoms with Crippen LogP contribution in [0.15, 0.2) is 23.4 Å².